The van der Waals surface area contributed by atoms with E-state index in [1.54, 1.807) is 0 Å². The van der Waals surface area contributed by atoms with Crippen LogP contribution >= 0.6 is 0 Å². The fourth-order valence-electron chi connectivity index (χ4n) is 3.53. The summed E-state index contributed by atoms with van der Waals surface area (Å²) in [6.45, 7) is 7.26. The van der Waals surface area contributed by atoms with Crippen molar-refractivity contribution in [2.75, 3.05) is 31.6 Å². The average Bonchev–Trinajstić information content (AvgIpc) is 3.20. The molecule has 0 saturated carbocycles. The summed E-state index contributed by atoms with van der Waals surface area (Å²) in [6.07, 6.45) is 5.96. The maximum atomic E-state index is 9.77. The molecule has 0 spiro atoms. The van der Waals surface area contributed by atoms with E-state index < -0.39 is 0 Å². The van der Waals surface area contributed by atoms with Crippen LogP contribution in [-0.2, 0) is 13.6 Å². The molecule has 0 bridgehead atoms. The van der Waals surface area contributed by atoms with Crippen LogP contribution in [0.2, 0.25) is 0 Å². The summed E-state index contributed by atoms with van der Waals surface area (Å²) in [6, 6.07) is 4.68. The number of aryl methyl sites for hydroxylation is 1. The van der Waals surface area contributed by atoms with E-state index >= 15 is 0 Å². The number of aliphatic hydroxyl groups is 1. The Hall–Kier alpha value is -1.92. The molecular formula is C19H29N5O. The van der Waals surface area contributed by atoms with Gasteiger partial charge in [-0.15, -0.1) is 0 Å². The molecule has 0 aromatic carbocycles. The van der Waals surface area contributed by atoms with E-state index in [4.69, 9.17) is 0 Å². The second-order valence-electron chi connectivity index (χ2n) is 7.42. The molecule has 1 saturated heterocycles. The maximum absolute atomic E-state index is 9.77. The monoisotopic (exact) mass is 343 g/mol. The minimum atomic E-state index is 0.215. The molecule has 25 heavy (non-hydrogen) atoms. The van der Waals surface area contributed by atoms with Crippen molar-refractivity contribution in [1.82, 2.24) is 19.7 Å². The van der Waals surface area contributed by atoms with E-state index in [1.165, 1.54) is 11.1 Å². The molecule has 0 radical (unpaired) electrons. The SMILES string of the molecule is CC(C)N(C)c1ccc(CN2C[C@@H](CO)[C@H](c3cnn(C)c3)C2)cn1. The Balaban J connectivity index is 1.65. The van der Waals surface area contributed by atoms with E-state index in [1.807, 2.05) is 24.1 Å². The molecule has 6 nitrogen and oxygen atoms in total. The molecule has 3 rings (SSSR count). The van der Waals surface area contributed by atoms with Crippen LogP contribution in [0.15, 0.2) is 30.7 Å². The Morgan fingerprint density at radius 3 is 2.64 bits per heavy atom. The Morgan fingerprint density at radius 2 is 2.08 bits per heavy atom. The molecule has 3 heterocycles. The Kier molecular flexibility index (Phi) is 5.39. The molecule has 2 aromatic heterocycles. The largest absolute Gasteiger partial charge is 0.396 e. The van der Waals surface area contributed by atoms with E-state index in [0.717, 1.165) is 25.5 Å². The van der Waals surface area contributed by atoms with Crippen molar-refractivity contribution in [2.45, 2.75) is 32.4 Å². The number of nitrogens with zero attached hydrogens (tertiary/aromatic N) is 5. The first-order valence-electron chi connectivity index (χ1n) is 8.97. The van der Waals surface area contributed by atoms with Gasteiger partial charge in [0.05, 0.1) is 6.20 Å². The molecule has 2 aromatic rings. The molecule has 2 atom stereocenters. The van der Waals surface area contributed by atoms with Crippen LogP contribution < -0.4 is 4.90 Å². The first-order chi connectivity index (χ1) is 12.0. The van der Waals surface area contributed by atoms with Crippen molar-refractivity contribution in [3.8, 4) is 0 Å². The number of aliphatic hydroxyl groups excluding tert-OH is 1. The Bertz CT molecular complexity index is 681. The third-order valence-electron chi connectivity index (χ3n) is 5.26. The number of hydrogen-bond donors (Lipinski definition) is 1. The molecule has 1 fully saturated rings. The van der Waals surface area contributed by atoms with Gasteiger partial charge in [0.15, 0.2) is 0 Å². The molecule has 1 N–H and O–H groups in total. The summed E-state index contributed by atoms with van der Waals surface area (Å²) in [5, 5.41) is 14.0. The van der Waals surface area contributed by atoms with Gasteiger partial charge in [0.25, 0.3) is 0 Å². The molecule has 0 amide bonds. The van der Waals surface area contributed by atoms with E-state index in [9.17, 15) is 5.11 Å². The highest BCUT2D eigenvalue weighted by Gasteiger charge is 2.34. The molecule has 0 unspecified atom stereocenters. The van der Waals surface area contributed by atoms with Crippen LogP contribution in [0.25, 0.3) is 0 Å². The van der Waals surface area contributed by atoms with Crippen LogP contribution in [0.3, 0.4) is 0 Å². The minimum Gasteiger partial charge on any atom is -0.396 e. The Labute approximate surface area is 150 Å². The highest BCUT2D eigenvalue weighted by atomic mass is 16.3. The third-order valence-corrected chi connectivity index (χ3v) is 5.26. The number of rotatable bonds is 6. The van der Waals surface area contributed by atoms with Gasteiger partial charge in [-0.05, 0) is 31.0 Å². The summed E-state index contributed by atoms with van der Waals surface area (Å²) in [4.78, 5) is 9.17. The first kappa shape index (κ1) is 17.9. The first-order valence-corrected chi connectivity index (χ1v) is 8.97. The lowest BCUT2D eigenvalue weighted by molar-refractivity contribution is 0.214. The van der Waals surface area contributed by atoms with Gasteiger partial charge in [-0.3, -0.25) is 9.58 Å². The quantitative estimate of drug-likeness (QED) is 0.868. The number of pyridine rings is 1. The van der Waals surface area contributed by atoms with Crippen molar-refractivity contribution in [3.63, 3.8) is 0 Å². The molecule has 136 valence electrons. The number of likely N-dealkylation sites (tertiary alicyclic amines) is 1. The standard InChI is InChI=1S/C19H29N5O/c1-14(2)23(4)19-6-5-15(7-20-19)9-24-11-17(13-25)18(12-24)16-8-21-22(3)10-16/h5-8,10,14,17-18,25H,9,11-13H2,1-4H3/t17-,18-/m0/s1. The van der Waals surface area contributed by atoms with Crippen LogP contribution in [-0.4, -0.2) is 57.6 Å². The zero-order valence-corrected chi connectivity index (χ0v) is 15.6. The molecule has 0 aliphatic carbocycles. The van der Waals surface area contributed by atoms with Crippen molar-refractivity contribution in [3.05, 3.63) is 41.9 Å². The van der Waals surface area contributed by atoms with Crippen molar-refractivity contribution in [2.24, 2.45) is 13.0 Å². The molecule has 6 heteroatoms. The predicted molar refractivity (Wildman–Crippen MR) is 99.6 cm³/mol. The molecule has 1 aliphatic heterocycles. The molecular weight excluding hydrogens is 314 g/mol. The highest BCUT2D eigenvalue weighted by Crippen LogP contribution is 2.33. The van der Waals surface area contributed by atoms with Crippen LogP contribution in [0, 0.1) is 5.92 Å². The van der Waals surface area contributed by atoms with Gasteiger partial charge in [-0.25, -0.2) is 4.98 Å². The minimum absolute atomic E-state index is 0.215. The lowest BCUT2D eigenvalue weighted by atomic mass is 9.92. The lowest BCUT2D eigenvalue weighted by Gasteiger charge is -2.23. The van der Waals surface area contributed by atoms with E-state index in [2.05, 4.69) is 59.1 Å². The molecule has 1 aliphatic rings. The summed E-state index contributed by atoms with van der Waals surface area (Å²) in [7, 11) is 4.00. The van der Waals surface area contributed by atoms with Gasteiger partial charge in [0.2, 0.25) is 0 Å². The second-order valence-corrected chi connectivity index (χ2v) is 7.42. The summed E-state index contributed by atoms with van der Waals surface area (Å²) < 4.78 is 1.83. The van der Waals surface area contributed by atoms with Crippen LogP contribution in [0.4, 0.5) is 5.82 Å². The predicted octanol–water partition coefficient (Wildman–Crippen LogP) is 1.87. The zero-order chi connectivity index (χ0) is 18.0. The van der Waals surface area contributed by atoms with Gasteiger partial charge >= 0.3 is 0 Å². The van der Waals surface area contributed by atoms with Gasteiger partial charge in [-0.2, -0.15) is 5.10 Å². The fraction of sp³-hybridized carbons (Fsp3) is 0.579. The third kappa shape index (κ3) is 4.02. The normalized spacial score (nSPS) is 21.2. The lowest BCUT2D eigenvalue weighted by Crippen LogP contribution is -2.26. The summed E-state index contributed by atoms with van der Waals surface area (Å²) >= 11 is 0. The van der Waals surface area contributed by atoms with Gasteiger partial charge in [0, 0.05) is 70.6 Å². The number of anilines is 1. The van der Waals surface area contributed by atoms with E-state index in [0.29, 0.717) is 12.0 Å². The van der Waals surface area contributed by atoms with Gasteiger partial charge in [-0.1, -0.05) is 6.07 Å². The number of hydrogen-bond acceptors (Lipinski definition) is 5. The van der Waals surface area contributed by atoms with Crippen molar-refractivity contribution < 1.29 is 5.11 Å². The van der Waals surface area contributed by atoms with Crippen LogP contribution in [0.1, 0.15) is 30.9 Å². The maximum Gasteiger partial charge on any atom is 0.128 e. The van der Waals surface area contributed by atoms with Gasteiger partial charge in [0.1, 0.15) is 5.82 Å². The summed E-state index contributed by atoms with van der Waals surface area (Å²) in [5.41, 5.74) is 2.43. The van der Waals surface area contributed by atoms with E-state index in [-0.39, 0.29) is 12.5 Å². The topological polar surface area (TPSA) is 57.4 Å². The number of aromatic nitrogens is 3. The zero-order valence-electron chi connectivity index (χ0n) is 15.6. The van der Waals surface area contributed by atoms with Crippen LogP contribution in [0.5, 0.6) is 0 Å². The van der Waals surface area contributed by atoms with Crippen molar-refractivity contribution >= 4 is 5.82 Å². The Morgan fingerprint density at radius 1 is 1.28 bits per heavy atom. The summed E-state index contributed by atoms with van der Waals surface area (Å²) in [5.74, 6) is 1.61. The fourth-order valence-corrected chi connectivity index (χ4v) is 3.53. The second kappa shape index (κ2) is 7.54. The average molecular weight is 343 g/mol. The highest BCUT2D eigenvalue weighted by molar-refractivity contribution is 5.39. The smallest absolute Gasteiger partial charge is 0.128 e. The van der Waals surface area contributed by atoms with Gasteiger partial charge < -0.3 is 10.0 Å². The van der Waals surface area contributed by atoms with Crippen molar-refractivity contribution in [1.29, 1.82) is 0 Å².